The van der Waals surface area contributed by atoms with Gasteiger partial charge in [-0.1, -0.05) is 48.5 Å². The van der Waals surface area contributed by atoms with Crippen molar-refractivity contribution < 1.29 is 13.2 Å². The minimum atomic E-state index is -3.54. The fourth-order valence-corrected chi connectivity index (χ4v) is 3.34. The maximum atomic E-state index is 11.6. The fourth-order valence-electron chi connectivity index (χ4n) is 2.89. The lowest BCUT2D eigenvalue weighted by atomic mass is 9.97. The molecule has 1 aliphatic rings. The number of hydrogen-bond acceptors (Lipinski definition) is 3. The van der Waals surface area contributed by atoms with Gasteiger partial charge in [-0.2, -0.15) is 0 Å². The molecule has 1 heterocycles. The third kappa shape index (κ3) is 3.59. The van der Waals surface area contributed by atoms with E-state index in [1.807, 2.05) is 36.1 Å². The third-order valence-electron chi connectivity index (χ3n) is 3.84. The average molecular weight is 344 g/mol. The summed E-state index contributed by atoms with van der Waals surface area (Å²) in [4.78, 5) is 1.87. The third-order valence-corrected chi connectivity index (χ3v) is 4.32. The van der Waals surface area contributed by atoms with E-state index in [-0.39, 0.29) is 6.02 Å². The molecule has 0 spiro atoms. The first kappa shape index (κ1) is 16.5. The van der Waals surface area contributed by atoms with Crippen molar-refractivity contribution in [2.24, 2.45) is 4.40 Å². The minimum Gasteiger partial charge on any atom is -0.465 e. The first-order chi connectivity index (χ1) is 11.5. The molecule has 1 aliphatic heterocycles. The molecule has 0 saturated carbocycles. The van der Waals surface area contributed by atoms with Crippen LogP contribution in [0.5, 0.6) is 0 Å². The van der Waals surface area contributed by atoms with Crippen LogP contribution in [0.3, 0.4) is 0 Å². The predicted octanol–water partition coefficient (Wildman–Crippen LogP) is 3.02. The maximum Gasteiger partial charge on any atom is 0.303 e. The monoisotopic (exact) mass is 344 g/mol. The van der Waals surface area contributed by atoms with Gasteiger partial charge in [0.1, 0.15) is 0 Å². The summed E-state index contributed by atoms with van der Waals surface area (Å²) < 4.78 is 32.6. The Hall–Kier alpha value is -2.34. The number of rotatable bonds is 2. The van der Waals surface area contributed by atoms with Crippen LogP contribution in [-0.2, 0) is 27.8 Å². The number of nitrogens with zero attached hydrogens (tertiary/aromatic N) is 2. The van der Waals surface area contributed by atoms with Gasteiger partial charge in [-0.15, -0.1) is 4.40 Å². The summed E-state index contributed by atoms with van der Waals surface area (Å²) in [6.45, 7) is 3.25. The highest BCUT2D eigenvalue weighted by Gasteiger charge is 2.23. The second-order valence-electron chi connectivity index (χ2n) is 5.71. The average Bonchev–Trinajstić information content (AvgIpc) is 2.70. The van der Waals surface area contributed by atoms with Crippen molar-refractivity contribution >= 4 is 16.0 Å². The molecule has 0 fully saturated rings. The van der Waals surface area contributed by atoms with Gasteiger partial charge in [-0.05, 0) is 29.2 Å². The number of sulfonamides is 1. The lowest BCUT2D eigenvalue weighted by Gasteiger charge is -2.24. The van der Waals surface area contributed by atoms with Crippen LogP contribution in [0.2, 0.25) is 0 Å². The standard InChI is InChI=1S/C18H20N2O3S/c1-3-23-18(19-24(2,21)22)20-12-14-8-4-6-10-16(14)17-11-7-5-9-15(17)13-20/h4-11H,3,12-13H2,1-2H3. The van der Waals surface area contributed by atoms with Gasteiger partial charge in [0.2, 0.25) is 0 Å². The first-order valence-corrected chi connectivity index (χ1v) is 9.66. The van der Waals surface area contributed by atoms with Crippen LogP contribution < -0.4 is 0 Å². The summed E-state index contributed by atoms with van der Waals surface area (Å²) >= 11 is 0. The Balaban J connectivity index is 2.11. The molecule has 0 aliphatic carbocycles. The number of benzene rings is 2. The van der Waals surface area contributed by atoms with E-state index in [0.29, 0.717) is 19.7 Å². The van der Waals surface area contributed by atoms with E-state index in [1.54, 1.807) is 0 Å². The summed E-state index contributed by atoms with van der Waals surface area (Å²) in [6.07, 6.45) is 1.08. The van der Waals surface area contributed by atoms with E-state index in [9.17, 15) is 8.42 Å². The Morgan fingerprint density at radius 3 is 2.00 bits per heavy atom. The predicted molar refractivity (Wildman–Crippen MR) is 95.0 cm³/mol. The molecule has 3 rings (SSSR count). The van der Waals surface area contributed by atoms with Gasteiger partial charge in [0.25, 0.3) is 10.0 Å². The summed E-state index contributed by atoms with van der Waals surface area (Å²) in [5, 5.41) is 0. The molecule has 0 saturated heterocycles. The number of hydrogen-bond donors (Lipinski definition) is 0. The van der Waals surface area contributed by atoms with E-state index in [1.165, 1.54) is 0 Å². The highest BCUT2D eigenvalue weighted by atomic mass is 32.2. The van der Waals surface area contributed by atoms with Gasteiger partial charge in [0, 0.05) is 13.1 Å². The van der Waals surface area contributed by atoms with Gasteiger partial charge in [-0.3, -0.25) is 0 Å². The van der Waals surface area contributed by atoms with Crippen molar-refractivity contribution in [3.63, 3.8) is 0 Å². The SMILES string of the molecule is CCOC(=NS(C)(=O)=O)N1Cc2ccccc2-c2ccccc2C1. The minimum absolute atomic E-state index is 0.145. The van der Waals surface area contributed by atoms with E-state index in [4.69, 9.17) is 4.74 Å². The van der Waals surface area contributed by atoms with E-state index < -0.39 is 10.0 Å². The van der Waals surface area contributed by atoms with Crippen LogP contribution in [0.25, 0.3) is 11.1 Å². The summed E-state index contributed by atoms with van der Waals surface area (Å²) in [6, 6.07) is 16.4. The van der Waals surface area contributed by atoms with E-state index >= 15 is 0 Å². The van der Waals surface area contributed by atoms with E-state index in [2.05, 4.69) is 28.7 Å². The molecule has 0 N–H and O–H groups in total. The molecule has 0 unspecified atom stereocenters. The van der Waals surface area contributed by atoms with Crippen molar-refractivity contribution in [1.82, 2.24) is 4.90 Å². The molecule has 2 aromatic carbocycles. The van der Waals surface area contributed by atoms with E-state index in [0.717, 1.165) is 28.5 Å². The zero-order chi connectivity index (χ0) is 17.2. The normalized spacial score (nSPS) is 14.6. The molecule has 0 radical (unpaired) electrons. The van der Waals surface area contributed by atoms with Crippen LogP contribution in [0, 0.1) is 0 Å². The molecule has 24 heavy (non-hydrogen) atoms. The van der Waals surface area contributed by atoms with Crippen LogP contribution in [0.1, 0.15) is 18.1 Å². The molecule has 126 valence electrons. The van der Waals surface area contributed by atoms with Gasteiger partial charge in [-0.25, -0.2) is 8.42 Å². The smallest absolute Gasteiger partial charge is 0.303 e. The summed E-state index contributed by atoms with van der Waals surface area (Å²) in [5.74, 6) is 0. The van der Waals surface area contributed by atoms with Crippen molar-refractivity contribution in [3.8, 4) is 11.1 Å². The lowest BCUT2D eigenvalue weighted by molar-refractivity contribution is 0.236. The fraction of sp³-hybridized carbons (Fsp3) is 0.278. The molecular formula is C18H20N2O3S. The highest BCUT2D eigenvalue weighted by Crippen LogP contribution is 2.32. The Kier molecular flexibility index (Phi) is 4.57. The number of fused-ring (bicyclic) bond motifs is 3. The Bertz CT molecular complexity index is 828. The van der Waals surface area contributed by atoms with Gasteiger partial charge >= 0.3 is 6.02 Å². The molecule has 0 atom stereocenters. The molecule has 0 aromatic heterocycles. The molecule has 6 heteroatoms. The largest absolute Gasteiger partial charge is 0.465 e. The van der Waals surface area contributed by atoms with Crippen LogP contribution >= 0.6 is 0 Å². The Labute approximate surface area is 142 Å². The zero-order valence-electron chi connectivity index (χ0n) is 13.8. The molecule has 2 aromatic rings. The van der Waals surface area contributed by atoms with Crippen molar-refractivity contribution in [3.05, 3.63) is 59.7 Å². The van der Waals surface area contributed by atoms with Gasteiger partial charge in [0.05, 0.1) is 12.9 Å². The Morgan fingerprint density at radius 2 is 1.54 bits per heavy atom. The van der Waals surface area contributed by atoms with Gasteiger partial charge in [0.15, 0.2) is 0 Å². The molecular weight excluding hydrogens is 324 g/mol. The van der Waals surface area contributed by atoms with Crippen LogP contribution in [-0.4, -0.2) is 32.2 Å². The second kappa shape index (κ2) is 6.65. The van der Waals surface area contributed by atoms with Crippen LogP contribution in [0.4, 0.5) is 0 Å². The first-order valence-electron chi connectivity index (χ1n) is 7.82. The van der Waals surface area contributed by atoms with Crippen LogP contribution in [0.15, 0.2) is 52.9 Å². The molecule has 0 amide bonds. The number of amidine groups is 1. The van der Waals surface area contributed by atoms with Crippen molar-refractivity contribution in [1.29, 1.82) is 0 Å². The lowest BCUT2D eigenvalue weighted by Crippen LogP contribution is -2.32. The highest BCUT2D eigenvalue weighted by molar-refractivity contribution is 7.89. The zero-order valence-corrected chi connectivity index (χ0v) is 14.6. The maximum absolute atomic E-state index is 11.6. The Morgan fingerprint density at radius 1 is 1.04 bits per heavy atom. The quantitative estimate of drug-likeness (QED) is 0.621. The second-order valence-corrected chi connectivity index (χ2v) is 7.36. The molecule has 5 nitrogen and oxygen atoms in total. The van der Waals surface area contributed by atoms with Gasteiger partial charge < -0.3 is 9.64 Å². The number of ether oxygens (including phenoxy) is 1. The van der Waals surface area contributed by atoms with Crippen molar-refractivity contribution in [2.45, 2.75) is 20.0 Å². The van der Waals surface area contributed by atoms with Crippen molar-refractivity contribution in [2.75, 3.05) is 12.9 Å². The summed E-state index contributed by atoms with van der Waals surface area (Å²) in [5.41, 5.74) is 4.54. The summed E-state index contributed by atoms with van der Waals surface area (Å²) in [7, 11) is -3.54. The topological polar surface area (TPSA) is 59.0 Å². The molecule has 0 bridgehead atoms.